The van der Waals surface area contributed by atoms with E-state index in [2.05, 4.69) is 12.1 Å². The number of Topliss-reactive ketones (excluding diaryl/α,β-unsaturated/α-hetero) is 1. The summed E-state index contributed by atoms with van der Waals surface area (Å²) in [5.41, 5.74) is 1.25. The maximum Gasteiger partial charge on any atom is 0.133 e. The summed E-state index contributed by atoms with van der Waals surface area (Å²) in [5.74, 6) is 0.365. The van der Waals surface area contributed by atoms with Crippen LogP contribution in [0.1, 0.15) is 37.7 Å². The van der Waals surface area contributed by atoms with Gasteiger partial charge in [0.1, 0.15) is 5.78 Å². The van der Waals surface area contributed by atoms with Crippen LogP contribution in [-0.2, 0) is 16.0 Å². The lowest BCUT2D eigenvalue weighted by Crippen LogP contribution is -2.09. The highest BCUT2D eigenvalue weighted by Gasteiger charge is 2.16. The molecule has 0 aliphatic carbocycles. The molecule has 1 fully saturated rings. The molecule has 0 spiro atoms. The minimum absolute atomic E-state index is 0.343. The molecule has 0 radical (unpaired) electrons. The van der Waals surface area contributed by atoms with E-state index in [0.29, 0.717) is 24.7 Å². The fourth-order valence-electron chi connectivity index (χ4n) is 2.25. The van der Waals surface area contributed by atoms with Gasteiger partial charge < -0.3 is 4.74 Å². The topological polar surface area (TPSA) is 26.3 Å². The van der Waals surface area contributed by atoms with Gasteiger partial charge in [-0.25, -0.2) is 0 Å². The van der Waals surface area contributed by atoms with Crippen LogP contribution in [-0.4, -0.2) is 18.5 Å². The molecule has 1 aromatic carbocycles. The van der Waals surface area contributed by atoms with Crippen LogP contribution in [0.5, 0.6) is 0 Å². The number of carbonyl (C=O) groups is 1. The van der Waals surface area contributed by atoms with E-state index in [1.54, 1.807) is 0 Å². The molecule has 1 aliphatic heterocycles. The highest BCUT2D eigenvalue weighted by Crippen LogP contribution is 2.17. The third-order valence-corrected chi connectivity index (χ3v) is 3.30. The van der Waals surface area contributed by atoms with E-state index in [1.165, 1.54) is 5.56 Å². The van der Waals surface area contributed by atoms with Gasteiger partial charge in [-0.3, -0.25) is 4.79 Å². The Kier molecular flexibility index (Phi) is 4.75. The standard InChI is InChI=1S/C15H20O2/c16-14(10-11-15-7-4-12-17-15)9-8-13-5-2-1-3-6-13/h1-3,5-6,15H,4,7-12H2. The number of hydrogen-bond donors (Lipinski definition) is 0. The second-order valence-electron chi connectivity index (χ2n) is 4.70. The monoisotopic (exact) mass is 232 g/mol. The molecular formula is C15H20O2. The molecule has 1 atom stereocenters. The van der Waals surface area contributed by atoms with Crippen molar-refractivity contribution in [3.05, 3.63) is 35.9 Å². The summed E-state index contributed by atoms with van der Waals surface area (Å²) < 4.78 is 5.51. The first kappa shape index (κ1) is 12.3. The molecule has 2 heteroatoms. The summed E-state index contributed by atoms with van der Waals surface area (Å²) >= 11 is 0. The zero-order valence-electron chi connectivity index (χ0n) is 10.2. The number of ether oxygens (including phenoxy) is 1. The van der Waals surface area contributed by atoms with Crippen molar-refractivity contribution in [2.75, 3.05) is 6.61 Å². The fraction of sp³-hybridized carbons (Fsp3) is 0.533. The summed E-state index contributed by atoms with van der Waals surface area (Å²) in [6.07, 6.45) is 5.75. The molecule has 2 rings (SSSR count). The zero-order valence-corrected chi connectivity index (χ0v) is 10.2. The van der Waals surface area contributed by atoms with Crippen molar-refractivity contribution in [2.24, 2.45) is 0 Å². The molecule has 1 unspecified atom stereocenters. The molecule has 1 heterocycles. The first-order valence-corrected chi connectivity index (χ1v) is 6.52. The quantitative estimate of drug-likeness (QED) is 0.753. The van der Waals surface area contributed by atoms with Gasteiger partial charge in [0.25, 0.3) is 0 Å². The van der Waals surface area contributed by atoms with E-state index in [4.69, 9.17) is 4.74 Å². The normalized spacial score (nSPS) is 19.4. The van der Waals surface area contributed by atoms with Gasteiger partial charge in [0.15, 0.2) is 0 Å². The number of carbonyl (C=O) groups excluding carboxylic acids is 1. The molecule has 1 aromatic rings. The molecule has 2 nitrogen and oxygen atoms in total. The van der Waals surface area contributed by atoms with E-state index in [-0.39, 0.29) is 0 Å². The largest absolute Gasteiger partial charge is 0.378 e. The molecule has 1 aliphatic rings. The Labute approximate surface area is 103 Å². The van der Waals surface area contributed by atoms with Gasteiger partial charge in [-0.15, -0.1) is 0 Å². The Morgan fingerprint density at radius 3 is 2.76 bits per heavy atom. The predicted molar refractivity (Wildman–Crippen MR) is 68.0 cm³/mol. The summed E-state index contributed by atoms with van der Waals surface area (Å²) in [6.45, 7) is 0.878. The van der Waals surface area contributed by atoms with Crippen LogP contribution in [0.4, 0.5) is 0 Å². The first-order chi connectivity index (χ1) is 8.34. The minimum Gasteiger partial charge on any atom is -0.378 e. The van der Waals surface area contributed by atoms with Crippen molar-refractivity contribution in [1.82, 2.24) is 0 Å². The van der Waals surface area contributed by atoms with Crippen LogP contribution >= 0.6 is 0 Å². The third-order valence-electron chi connectivity index (χ3n) is 3.30. The Bertz CT molecular complexity index is 339. The smallest absolute Gasteiger partial charge is 0.133 e. The van der Waals surface area contributed by atoms with Gasteiger partial charge in [-0.05, 0) is 31.2 Å². The molecule has 0 N–H and O–H groups in total. The van der Waals surface area contributed by atoms with Gasteiger partial charge >= 0.3 is 0 Å². The molecule has 0 aromatic heterocycles. The highest BCUT2D eigenvalue weighted by molar-refractivity contribution is 5.78. The number of benzene rings is 1. The molecule has 0 bridgehead atoms. The Morgan fingerprint density at radius 1 is 1.24 bits per heavy atom. The molecule has 1 saturated heterocycles. The van der Waals surface area contributed by atoms with Gasteiger partial charge in [-0.2, -0.15) is 0 Å². The van der Waals surface area contributed by atoms with E-state index in [0.717, 1.165) is 32.3 Å². The second-order valence-corrected chi connectivity index (χ2v) is 4.70. The van der Waals surface area contributed by atoms with Crippen LogP contribution < -0.4 is 0 Å². The van der Waals surface area contributed by atoms with Gasteiger partial charge in [0.05, 0.1) is 6.10 Å². The summed E-state index contributed by atoms with van der Waals surface area (Å²) in [7, 11) is 0. The second kappa shape index (κ2) is 6.55. The maximum atomic E-state index is 11.7. The average Bonchev–Trinajstić information content (AvgIpc) is 2.88. The van der Waals surface area contributed by atoms with Crippen molar-refractivity contribution in [3.63, 3.8) is 0 Å². The van der Waals surface area contributed by atoms with Gasteiger partial charge in [0, 0.05) is 19.4 Å². The Morgan fingerprint density at radius 2 is 2.06 bits per heavy atom. The summed E-state index contributed by atoms with van der Waals surface area (Å²) in [4.78, 5) is 11.7. The minimum atomic E-state index is 0.343. The van der Waals surface area contributed by atoms with Crippen molar-refractivity contribution in [3.8, 4) is 0 Å². The molecule has 0 saturated carbocycles. The number of rotatable bonds is 6. The van der Waals surface area contributed by atoms with E-state index >= 15 is 0 Å². The van der Waals surface area contributed by atoms with Crippen molar-refractivity contribution < 1.29 is 9.53 Å². The van der Waals surface area contributed by atoms with E-state index in [1.807, 2.05) is 18.2 Å². The third kappa shape index (κ3) is 4.31. The lowest BCUT2D eigenvalue weighted by atomic mass is 10.0. The number of hydrogen-bond acceptors (Lipinski definition) is 2. The number of aryl methyl sites for hydroxylation is 1. The molecule has 92 valence electrons. The Hall–Kier alpha value is -1.15. The molecular weight excluding hydrogens is 212 g/mol. The van der Waals surface area contributed by atoms with E-state index < -0.39 is 0 Å². The summed E-state index contributed by atoms with van der Waals surface area (Å²) in [5, 5.41) is 0. The SMILES string of the molecule is O=C(CCc1ccccc1)CCC1CCCO1. The van der Waals surface area contributed by atoms with Crippen LogP contribution in [0, 0.1) is 0 Å². The van der Waals surface area contributed by atoms with Crippen molar-refractivity contribution >= 4 is 5.78 Å². The van der Waals surface area contributed by atoms with Crippen molar-refractivity contribution in [2.45, 2.75) is 44.6 Å². The lowest BCUT2D eigenvalue weighted by Gasteiger charge is -2.08. The average molecular weight is 232 g/mol. The fourth-order valence-corrected chi connectivity index (χ4v) is 2.25. The first-order valence-electron chi connectivity index (χ1n) is 6.52. The maximum absolute atomic E-state index is 11.7. The molecule has 0 amide bonds. The predicted octanol–water partition coefficient (Wildman–Crippen LogP) is 3.15. The van der Waals surface area contributed by atoms with Gasteiger partial charge in [-0.1, -0.05) is 30.3 Å². The lowest BCUT2D eigenvalue weighted by molar-refractivity contribution is -0.119. The summed E-state index contributed by atoms with van der Waals surface area (Å²) in [6, 6.07) is 10.2. The number of ketones is 1. The van der Waals surface area contributed by atoms with Crippen LogP contribution in [0.3, 0.4) is 0 Å². The van der Waals surface area contributed by atoms with Gasteiger partial charge in [0.2, 0.25) is 0 Å². The molecule has 17 heavy (non-hydrogen) atoms. The van der Waals surface area contributed by atoms with Crippen LogP contribution in [0.15, 0.2) is 30.3 Å². The van der Waals surface area contributed by atoms with Crippen LogP contribution in [0.2, 0.25) is 0 Å². The van der Waals surface area contributed by atoms with E-state index in [9.17, 15) is 4.79 Å². The van der Waals surface area contributed by atoms with Crippen LogP contribution in [0.25, 0.3) is 0 Å². The zero-order chi connectivity index (χ0) is 11.9. The Balaban J connectivity index is 1.64. The highest BCUT2D eigenvalue weighted by atomic mass is 16.5. The van der Waals surface area contributed by atoms with Crippen molar-refractivity contribution in [1.29, 1.82) is 0 Å².